The first kappa shape index (κ1) is 17.1. The van der Waals surface area contributed by atoms with Crippen LogP contribution in [0.2, 0.25) is 0 Å². The molecule has 2 amide bonds. The lowest BCUT2D eigenvalue weighted by Crippen LogP contribution is -2.43. The number of nitrogens with one attached hydrogen (secondary N) is 1. The Labute approximate surface area is 152 Å². The van der Waals surface area contributed by atoms with Gasteiger partial charge >= 0.3 is 0 Å². The average molecular weight is 359 g/mol. The van der Waals surface area contributed by atoms with Gasteiger partial charge in [0.05, 0.1) is 5.92 Å². The Hall–Kier alpha value is -2.28. The maximum atomic E-state index is 12.6. The number of hydrogen-bond acceptors (Lipinski definition) is 5. The zero-order chi connectivity index (χ0) is 18.1. The zero-order valence-corrected chi connectivity index (χ0v) is 14.8. The first-order valence-electron chi connectivity index (χ1n) is 9.36. The van der Waals surface area contributed by atoms with Crippen LogP contribution in [0.5, 0.6) is 11.5 Å². The van der Waals surface area contributed by atoms with Gasteiger partial charge in [-0.05, 0) is 37.4 Å². The molecule has 3 N–H and O–H groups in total. The topological polar surface area (TPSA) is 93.9 Å². The van der Waals surface area contributed by atoms with Crippen molar-refractivity contribution >= 4 is 17.5 Å². The molecule has 2 heterocycles. The maximum absolute atomic E-state index is 12.6. The molecule has 140 valence electrons. The number of fused-ring (bicyclic) bond motifs is 1. The summed E-state index contributed by atoms with van der Waals surface area (Å²) in [5, 5.41) is 3.12. The summed E-state index contributed by atoms with van der Waals surface area (Å²) in [7, 11) is 0. The van der Waals surface area contributed by atoms with Gasteiger partial charge in [-0.1, -0.05) is 6.42 Å². The summed E-state index contributed by atoms with van der Waals surface area (Å²) < 4.78 is 11.1. The fraction of sp³-hybridized carbons (Fsp3) is 0.579. The molecule has 2 aliphatic heterocycles. The van der Waals surface area contributed by atoms with Crippen LogP contribution in [-0.2, 0) is 9.59 Å². The van der Waals surface area contributed by atoms with Gasteiger partial charge in [0.2, 0.25) is 11.8 Å². The van der Waals surface area contributed by atoms with Crippen LogP contribution in [0, 0.1) is 11.8 Å². The molecule has 2 fully saturated rings. The molecule has 3 unspecified atom stereocenters. The van der Waals surface area contributed by atoms with E-state index >= 15 is 0 Å². The highest BCUT2D eigenvalue weighted by molar-refractivity contribution is 6.00. The highest BCUT2D eigenvalue weighted by atomic mass is 16.6. The number of anilines is 1. The Balaban J connectivity index is 1.42. The third-order valence-electron chi connectivity index (χ3n) is 5.62. The molecule has 7 heteroatoms. The van der Waals surface area contributed by atoms with Crippen molar-refractivity contribution in [3.05, 3.63) is 18.2 Å². The van der Waals surface area contributed by atoms with Gasteiger partial charge < -0.3 is 25.4 Å². The van der Waals surface area contributed by atoms with Crippen molar-refractivity contribution in [3.63, 3.8) is 0 Å². The second kappa shape index (κ2) is 7.15. The molecule has 1 aromatic rings. The minimum absolute atomic E-state index is 0.0382. The van der Waals surface area contributed by atoms with E-state index in [1.807, 2.05) is 18.2 Å². The summed E-state index contributed by atoms with van der Waals surface area (Å²) in [6.07, 6.45) is 3.37. The Morgan fingerprint density at radius 2 is 2.04 bits per heavy atom. The van der Waals surface area contributed by atoms with Crippen molar-refractivity contribution in [3.8, 4) is 11.5 Å². The van der Waals surface area contributed by atoms with Crippen LogP contribution in [0.15, 0.2) is 18.2 Å². The number of benzene rings is 1. The molecular formula is C19H25N3O4. The minimum Gasteiger partial charge on any atom is -0.486 e. The number of carbonyl (C=O) groups is 2. The second-order valence-corrected chi connectivity index (χ2v) is 7.28. The quantitative estimate of drug-likeness (QED) is 0.838. The average Bonchev–Trinajstić information content (AvgIpc) is 3.27. The molecule has 1 aliphatic carbocycles. The van der Waals surface area contributed by atoms with Crippen molar-refractivity contribution in [2.45, 2.75) is 31.7 Å². The molecule has 3 aliphatic rings. The van der Waals surface area contributed by atoms with E-state index in [-0.39, 0.29) is 30.2 Å². The SMILES string of the molecule is NCC1CCCC1NC(=O)C1CC(=O)N(c2ccc3c(c2)OCCO3)C1. The number of carbonyl (C=O) groups excluding carboxylic acids is 2. The number of nitrogens with two attached hydrogens (primary N) is 1. The van der Waals surface area contributed by atoms with Gasteiger partial charge in [-0.3, -0.25) is 9.59 Å². The van der Waals surface area contributed by atoms with Crippen LogP contribution < -0.4 is 25.4 Å². The van der Waals surface area contributed by atoms with Crippen LogP contribution in [0.4, 0.5) is 5.69 Å². The summed E-state index contributed by atoms with van der Waals surface area (Å²) in [4.78, 5) is 26.8. The lowest BCUT2D eigenvalue weighted by atomic mass is 10.0. The van der Waals surface area contributed by atoms with Crippen molar-refractivity contribution in [1.29, 1.82) is 0 Å². The summed E-state index contributed by atoms with van der Waals surface area (Å²) in [5.41, 5.74) is 6.54. The first-order chi connectivity index (χ1) is 12.7. The summed E-state index contributed by atoms with van der Waals surface area (Å²) >= 11 is 0. The molecule has 0 spiro atoms. The van der Waals surface area contributed by atoms with E-state index in [2.05, 4.69) is 5.32 Å². The molecule has 0 bridgehead atoms. The fourth-order valence-corrected chi connectivity index (χ4v) is 4.14. The van der Waals surface area contributed by atoms with Gasteiger partial charge in [-0.15, -0.1) is 0 Å². The van der Waals surface area contributed by atoms with Crippen molar-refractivity contribution in [2.24, 2.45) is 17.6 Å². The van der Waals surface area contributed by atoms with E-state index in [1.165, 1.54) is 0 Å². The van der Waals surface area contributed by atoms with Crippen LogP contribution in [0.1, 0.15) is 25.7 Å². The van der Waals surface area contributed by atoms with E-state index in [4.69, 9.17) is 15.2 Å². The summed E-state index contributed by atoms with van der Waals surface area (Å²) in [6, 6.07) is 5.61. The lowest BCUT2D eigenvalue weighted by molar-refractivity contribution is -0.127. The van der Waals surface area contributed by atoms with Gasteiger partial charge in [-0.2, -0.15) is 0 Å². The molecule has 4 rings (SSSR count). The van der Waals surface area contributed by atoms with Gasteiger partial charge in [0.25, 0.3) is 0 Å². The Morgan fingerprint density at radius 3 is 2.85 bits per heavy atom. The molecule has 0 aromatic heterocycles. The third-order valence-corrected chi connectivity index (χ3v) is 5.62. The molecule has 1 saturated carbocycles. The number of hydrogen-bond donors (Lipinski definition) is 2. The highest BCUT2D eigenvalue weighted by Crippen LogP contribution is 2.36. The minimum atomic E-state index is -0.324. The van der Waals surface area contributed by atoms with E-state index in [0.29, 0.717) is 43.7 Å². The number of rotatable bonds is 4. The molecule has 1 saturated heterocycles. The van der Waals surface area contributed by atoms with Crippen LogP contribution in [0.3, 0.4) is 0 Å². The van der Waals surface area contributed by atoms with Crippen LogP contribution >= 0.6 is 0 Å². The molecule has 26 heavy (non-hydrogen) atoms. The Kier molecular flexibility index (Phi) is 4.72. The van der Waals surface area contributed by atoms with Crippen LogP contribution in [-0.4, -0.2) is 44.2 Å². The number of amides is 2. The number of ether oxygens (including phenoxy) is 2. The molecule has 7 nitrogen and oxygen atoms in total. The molecule has 0 radical (unpaired) electrons. The molecule has 3 atom stereocenters. The monoisotopic (exact) mass is 359 g/mol. The van der Waals surface area contributed by atoms with Gasteiger partial charge in [0, 0.05) is 30.8 Å². The van der Waals surface area contributed by atoms with E-state index in [0.717, 1.165) is 24.9 Å². The summed E-state index contributed by atoms with van der Waals surface area (Å²) in [6.45, 7) is 2.02. The first-order valence-corrected chi connectivity index (χ1v) is 9.36. The largest absolute Gasteiger partial charge is 0.486 e. The van der Waals surface area contributed by atoms with Gasteiger partial charge in [-0.25, -0.2) is 0 Å². The van der Waals surface area contributed by atoms with Crippen LogP contribution in [0.25, 0.3) is 0 Å². The van der Waals surface area contributed by atoms with E-state index < -0.39 is 0 Å². The fourth-order valence-electron chi connectivity index (χ4n) is 4.14. The van der Waals surface area contributed by atoms with Gasteiger partial charge in [0.1, 0.15) is 13.2 Å². The summed E-state index contributed by atoms with van der Waals surface area (Å²) in [5.74, 6) is 1.29. The smallest absolute Gasteiger partial charge is 0.227 e. The highest BCUT2D eigenvalue weighted by Gasteiger charge is 2.37. The van der Waals surface area contributed by atoms with E-state index in [9.17, 15) is 9.59 Å². The second-order valence-electron chi connectivity index (χ2n) is 7.28. The van der Waals surface area contributed by atoms with Crippen molar-refractivity contribution in [2.75, 3.05) is 31.2 Å². The van der Waals surface area contributed by atoms with Gasteiger partial charge in [0.15, 0.2) is 11.5 Å². The number of nitrogens with zero attached hydrogens (tertiary/aromatic N) is 1. The lowest BCUT2D eigenvalue weighted by Gasteiger charge is -2.23. The molecule has 1 aromatic carbocycles. The van der Waals surface area contributed by atoms with Crippen molar-refractivity contribution < 1.29 is 19.1 Å². The predicted octanol–water partition coefficient (Wildman–Crippen LogP) is 1.05. The Bertz CT molecular complexity index is 708. The Morgan fingerprint density at radius 1 is 1.23 bits per heavy atom. The molecular weight excluding hydrogens is 334 g/mol. The van der Waals surface area contributed by atoms with E-state index in [1.54, 1.807) is 4.90 Å². The standard InChI is InChI=1S/C19H25N3O4/c20-10-12-2-1-3-15(12)21-19(24)13-8-18(23)22(11-13)14-4-5-16-17(9-14)26-7-6-25-16/h4-5,9,12-13,15H,1-3,6-8,10-11,20H2,(H,21,24). The third kappa shape index (κ3) is 3.23. The van der Waals surface area contributed by atoms with Crippen molar-refractivity contribution in [1.82, 2.24) is 5.32 Å². The normalized spacial score (nSPS) is 27.7. The maximum Gasteiger partial charge on any atom is 0.227 e. The zero-order valence-electron chi connectivity index (χ0n) is 14.8. The predicted molar refractivity (Wildman–Crippen MR) is 96.2 cm³/mol.